The molecule has 1 unspecified atom stereocenters. The molecule has 0 spiro atoms. The van der Waals surface area contributed by atoms with E-state index in [0.717, 1.165) is 49.6 Å². The number of hydrogen-bond acceptors (Lipinski definition) is 4. The third kappa shape index (κ3) is 2.90. The van der Waals surface area contributed by atoms with Crippen molar-refractivity contribution in [3.8, 4) is 0 Å². The SMILES string of the molecule is O=C(C1CCN(c2ccnc3ccccc23)C1)N1CCSCC1. The highest BCUT2D eigenvalue weighted by molar-refractivity contribution is 7.99. The Kier molecular flexibility index (Phi) is 4.12. The van der Waals surface area contributed by atoms with Gasteiger partial charge in [-0.25, -0.2) is 0 Å². The van der Waals surface area contributed by atoms with E-state index >= 15 is 0 Å². The van der Waals surface area contributed by atoms with Crippen molar-refractivity contribution in [1.82, 2.24) is 9.88 Å². The van der Waals surface area contributed by atoms with Crippen LogP contribution in [-0.2, 0) is 4.79 Å². The van der Waals surface area contributed by atoms with E-state index in [1.807, 2.05) is 30.1 Å². The van der Waals surface area contributed by atoms with Crippen LogP contribution in [0.4, 0.5) is 5.69 Å². The van der Waals surface area contributed by atoms with E-state index in [4.69, 9.17) is 0 Å². The van der Waals surface area contributed by atoms with Crippen LogP contribution in [0.1, 0.15) is 6.42 Å². The standard InChI is InChI=1S/C18H21N3OS/c22-18(20-9-11-23-12-10-20)14-6-8-21(13-14)17-5-7-19-16-4-2-1-3-15(16)17/h1-5,7,14H,6,8-13H2. The summed E-state index contributed by atoms with van der Waals surface area (Å²) < 4.78 is 0. The van der Waals surface area contributed by atoms with Crippen molar-refractivity contribution in [1.29, 1.82) is 0 Å². The van der Waals surface area contributed by atoms with E-state index < -0.39 is 0 Å². The van der Waals surface area contributed by atoms with Crippen molar-refractivity contribution >= 4 is 34.3 Å². The molecule has 1 aromatic heterocycles. The van der Waals surface area contributed by atoms with Crippen LogP contribution in [0, 0.1) is 5.92 Å². The number of amides is 1. The molecule has 2 aromatic rings. The van der Waals surface area contributed by atoms with Gasteiger partial charge in [-0.05, 0) is 18.6 Å². The van der Waals surface area contributed by atoms with Gasteiger partial charge in [-0.3, -0.25) is 9.78 Å². The number of aromatic nitrogens is 1. The molecular weight excluding hydrogens is 306 g/mol. The Morgan fingerprint density at radius 3 is 2.83 bits per heavy atom. The molecule has 2 fully saturated rings. The number of pyridine rings is 1. The minimum absolute atomic E-state index is 0.144. The van der Waals surface area contributed by atoms with Gasteiger partial charge in [0.15, 0.2) is 0 Å². The Bertz CT molecular complexity index is 709. The number of thioether (sulfide) groups is 1. The summed E-state index contributed by atoms with van der Waals surface area (Å²) in [6.07, 6.45) is 2.83. The molecule has 0 aliphatic carbocycles. The summed E-state index contributed by atoms with van der Waals surface area (Å²) in [7, 11) is 0. The second kappa shape index (κ2) is 6.40. The van der Waals surface area contributed by atoms with Gasteiger partial charge in [-0.15, -0.1) is 0 Å². The summed E-state index contributed by atoms with van der Waals surface area (Å²) >= 11 is 1.95. The topological polar surface area (TPSA) is 36.4 Å². The summed E-state index contributed by atoms with van der Waals surface area (Å²) in [5.41, 5.74) is 2.23. The van der Waals surface area contributed by atoms with E-state index in [9.17, 15) is 4.79 Å². The Labute approximate surface area is 140 Å². The second-order valence-electron chi connectivity index (χ2n) is 6.22. The highest BCUT2D eigenvalue weighted by Crippen LogP contribution is 2.30. The number of carbonyl (C=O) groups is 1. The molecule has 2 aliphatic rings. The summed E-state index contributed by atoms with van der Waals surface area (Å²) in [5, 5.41) is 1.18. The van der Waals surface area contributed by atoms with Crippen LogP contribution in [0.15, 0.2) is 36.5 Å². The minimum atomic E-state index is 0.144. The third-order valence-corrected chi connectivity index (χ3v) is 5.77. The summed E-state index contributed by atoms with van der Waals surface area (Å²) in [6, 6.07) is 10.3. The Hall–Kier alpha value is -1.75. The lowest BCUT2D eigenvalue weighted by Crippen LogP contribution is -2.42. The van der Waals surface area contributed by atoms with Gasteiger partial charge in [-0.2, -0.15) is 11.8 Å². The molecule has 0 saturated carbocycles. The Balaban J connectivity index is 1.52. The molecule has 5 heteroatoms. The van der Waals surface area contributed by atoms with Gasteiger partial charge >= 0.3 is 0 Å². The lowest BCUT2D eigenvalue weighted by Gasteiger charge is -2.29. The summed E-state index contributed by atoms with van der Waals surface area (Å²) in [6.45, 7) is 3.61. The van der Waals surface area contributed by atoms with Gasteiger partial charge in [0, 0.05) is 55.0 Å². The fraction of sp³-hybridized carbons (Fsp3) is 0.444. The van der Waals surface area contributed by atoms with Crippen LogP contribution in [-0.4, -0.2) is 53.5 Å². The molecule has 0 radical (unpaired) electrons. The molecule has 0 bridgehead atoms. The zero-order valence-corrected chi connectivity index (χ0v) is 14.0. The third-order valence-electron chi connectivity index (χ3n) is 4.83. The number of carbonyl (C=O) groups excluding carboxylic acids is 1. The van der Waals surface area contributed by atoms with E-state index in [2.05, 4.69) is 33.0 Å². The fourth-order valence-corrected chi connectivity index (χ4v) is 4.48. The number of para-hydroxylation sites is 1. The summed E-state index contributed by atoms with van der Waals surface area (Å²) in [5.74, 6) is 2.66. The first kappa shape index (κ1) is 14.8. The molecule has 120 valence electrons. The average molecular weight is 327 g/mol. The van der Waals surface area contributed by atoms with Crippen molar-refractivity contribution in [2.75, 3.05) is 42.6 Å². The van der Waals surface area contributed by atoms with Crippen LogP contribution in [0.25, 0.3) is 10.9 Å². The fourth-order valence-electron chi connectivity index (χ4n) is 3.58. The van der Waals surface area contributed by atoms with Gasteiger partial charge in [0.25, 0.3) is 0 Å². The zero-order valence-electron chi connectivity index (χ0n) is 13.1. The van der Waals surface area contributed by atoms with E-state index in [-0.39, 0.29) is 5.92 Å². The van der Waals surface area contributed by atoms with E-state index in [0.29, 0.717) is 5.91 Å². The van der Waals surface area contributed by atoms with E-state index in [1.165, 1.54) is 11.1 Å². The molecule has 1 aromatic carbocycles. The Morgan fingerprint density at radius 2 is 1.96 bits per heavy atom. The van der Waals surface area contributed by atoms with Gasteiger partial charge in [0.1, 0.15) is 0 Å². The first-order chi connectivity index (χ1) is 11.3. The lowest BCUT2D eigenvalue weighted by molar-refractivity contribution is -0.134. The molecule has 4 nitrogen and oxygen atoms in total. The molecule has 1 amide bonds. The van der Waals surface area contributed by atoms with Crippen LogP contribution < -0.4 is 4.90 Å². The number of benzene rings is 1. The number of anilines is 1. The normalized spacial score (nSPS) is 21.8. The zero-order chi connectivity index (χ0) is 15.6. The highest BCUT2D eigenvalue weighted by atomic mass is 32.2. The molecule has 0 N–H and O–H groups in total. The maximum Gasteiger partial charge on any atom is 0.227 e. The van der Waals surface area contributed by atoms with Gasteiger partial charge in [0.05, 0.1) is 11.4 Å². The number of nitrogens with zero attached hydrogens (tertiary/aromatic N) is 3. The summed E-state index contributed by atoms with van der Waals surface area (Å²) in [4.78, 5) is 21.6. The molecule has 2 saturated heterocycles. The van der Waals surface area contributed by atoms with Gasteiger partial charge in [0.2, 0.25) is 5.91 Å². The molecular formula is C18H21N3OS. The van der Waals surface area contributed by atoms with Crippen LogP contribution in [0.5, 0.6) is 0 Å². The van der Waals surface area contributed by atoms with Crippen molar-refractivity contribution in [3.63, 3.8) is 0 Å². The minimum Gasteiger partial charge on any atom is -0.370 e. The van der Waals surface area contributed by atoms with Crippen LogP contribution in [0.2, 0.25) is 0 Å². The molecule has 2 aliphatic heterocycles. The smallest absolute Gasteiger partial charge is 0.227 e. The molecule has 23 heavy (non-hydrogen) atoms. The number of fused-ring (bicyclic) bond motifs is 1. The average Bonchev–Trinajstić information content (AvgIpc) is 3.11. The monoisotopic (exact) mass is 327 g/mol. The first-order valence-corrected chi connectivity index (χ1v) is 9.43. The largest absolute Gasteiger partial charge is 0.370 e. The van der Waals surface area contributed by atoms with E-state index in [1.54, 1.807) is 0 Å². The maximum atomic E-state index is 12.7. The first-order valence-electron chi connectivity index (χ1n) is 8.28. The van der Waals surface area contributed by atoms with Crippen molar-refractivity contribution in [2.45, 2.75) is 6.42 Å². The highest BCUT2D eigenvalue weighted by Gasteiger charge is 2.32. The van der Waals surface area contributed by atoms with Crippen molar-refractivity contribution in [3.05, 3.63) is 36.5 Å². The molecule has 4 rings (SSSR count). The molecule has 1 atom stereocenters. The van der Waals surface area contributed by atoms with Gasteiger partial charge < -0.3 is 9.80 Å². The van der Waals surface area contributed by atoms with Crippen molar-refractivity contribution < 1.29 is 4.79 Å². The van der Waals surface area contributed by atoms with Crippen molar-refractivity contribution in [2.24, 2.45) is 5.92 Å². The van der Waals surface area contributed by atoms with Crippen LogP contribution >= 0.6 is 11.8 Å². The predicted octanol–water partition coefficient (Wildman–Crippen LogP) is 2.64. The number of rotatable bonds is 2. The predicted molar refractivity (Wildman–Crippen MR) is 96.0 cm³/mol. The lowest BCUT2D eigenvalue weighted by atomic mass is 10.1. The van der Waals surface area contributed by atoms with Crippen LogP contribution in [0.3, 0.4) is 0 Å². The molecule has 3 heterocycles. The second-order valence-corrected chi connectivity index (χ2v) is 7.44. The maximum absolute atomic E-state index is 12.7. The Morgan fingerprint density at radius 1 is 1.13 bits per heavy atom. The van der Waals surface area contributed by atoms with Gasteiger partial charge in [-0.1, -0.05) is 18.2 Å². The number of hydrogen-bond donors (Lipinski definition) is 0. The quantitative estimate of drug-likeness (QED) is 0.850.